The molecule has 4 heteroatoms. The number of hydrogen-bond acceptors (Lipinski definition) is 4. The highest BCUT2D eigenvalue weighted by Gasteiger charge is 2.09. The average molecular weight is 228 g/mol. The number of ether oxygens (including phenoxy) is 1. The van der Waals surface area contributed by atoms with E-state index in [0.29, 0.717) is 0 Å². The molecule has 1 rings (SSSR count). The normalized spacial score (nSPS) is 13.0. The fourth-order valence-electron chi connectivity index (χ4n) is 1.31. The summed E-state index contributed by atoms with van der Waals surface area (Å²) in [6.45, 7) is 8.87. The van der Waals surface area contributed by atoms with Gasteiger partial charge in [0.15, 0.2) is 0 Å². The Hall–Kier alpha value is -0.450. The maximum atomic E-state index is 5.49. The summed E-state index contributed by atoms with van der Waals surface area (Å²) < 4.78 is 5.49. The van der Waals surface area contributed by atoms with Crippen molar-refractivity contribution in [2.24, 2.45) is 0 Å². The van der Waals surface area contributed by atoms with Crippen molar-refractivity contribution in [2.45, 2.75) is 39.8 Å². The number of rotatable bonds is 7. The lowest BCUT2D eigenvalue weighted by molar-refractivity contribution is 0.0761. The maximum absolute atomic E-state index is 5.49. The molecule has 0 saturated heterocycles. The summed E-state index contributed by atoms with van der Waals surface area (Å²) in [6, 6.07) is 0. The Morgan fingerprint density at radius 1 is 1.53 bits per heavy atom. The van der Waals surface area contributed by atoms with Gasteiger partial charge in [0, 0.05) is 18.5 Å². The quantitative estimate of drug-likeness (QED) is 0.729. The molecule has 0 aliphatic heterocycles. The molecule has 1 heterocycles. The van der Waals surface area contributed by atoms with Crippen LogP contribution in [0.1, 0.15) is 44.0 Å². The van der Waals surface area contributed by atoms with E-state index in [2.05, 4.69) is 22.6 Å². The Morgan fingerprint density at radius 2 is 2.33 bits per heavy atom. The number of thiazole rings is 1. The van der Waals surface area contributed by atoms with Crippen molar-refractivity contribution in [3.8, 4) is 0 Å². The second-order valence-corrected chi connectivity index (χ2v) is 4.34. The molecule has 1 N–H and O–H groups in total. The van der Waals surface area contributed by atoms with Crippen molar-refractivity contribution in [3.05, 3.63) is 16.1 Å². The Bertz CT molecular complexity index is 275. The van der Waals surface area contributed by atoms with E-state index in [9.17, 15) is 0 Å². The third-order valence-electron chi connectivity index (χ3n) is 2.07. The lowest BCUT2D eigenvalue weighted by Crippen LogP contribution is -2.14. The highest BCUT2D eigenvalue weighted by Crippen LogP contribution is 2.20. The summed E-state index contributed by atoms with van der Waals surface area (Å²) in [6.07, 6.45) is 1.28. The van der Waals surface area contributed by atoms with Gasteiger partial charge >= 0.3 is 0 Å². The zero-order valence-electron chi connectivity index (χ0n) is 9.75. The molecule has 1 aromatic heterocycles. The van der Waals surface area contributed by atoms with Crippen LogP contribution in [0.3, 0.4) is 0 Å². The minimum atomic E-state index is 0.125. The summed E-state index contributed by atoms with van der Waals surface area (Å²) in [5.74, 6) is 0. The third-order valence-corrected chi connectivity index (χ3v) is 3.12. The van der Waals surface area contributed by atoms with Crippen LogP contribution in [-0.4, -0.2) is 18.1 Å². The minimum absolute atomic E-state index is 0.125. The molecule has 1 atom stereocenters. The Balaban J connectivity index is 2.41. The zero-order chi connectivity index (χ0) is 11.1. The van der Waals surface area contributed by atoms with Gasteiger partial charge in [-0.05, 0) is 26.8 Å². The van der Waals surface area contributed by atoms with Gasteiger partial charge in [0.2, 0.25) is 0 Å². The van der Waals surface area contributed by atoms with Crippen LogP contribution in [0.15, 0.2) is 5.38 Å². The van der Waals surface area contributed by atoms with E-state index in [1.807, 2.05) is 13.8 Å². The molecule has 0 radical (unpaired) electrons. The molecule has 0 aromatic carbocycles. The standard InChI is InChI=1S/C11H20N2OS/c1-4-6-12-7-10-8-15-11(13-10)9(3)14-5-2/h8-9,12H,4-7H2,1-3H3. The molecule has 0 bridgehead atoms. The molecule has 1 aromatic rings. The van der Waals surface area contributed by atoms with E-state index < -0.39 is 0 Å². The lowest BCUT2D eigenvalue weighted by Gasteiger charge is -2.07. The highest BCUT2D eigenvalue weighted by molar-refractivity contribution is 7.09. The van der Waals surface area contributed by atoms with Gasteiger partial charge in [-0.3, -0.25) is 0 Å². The number of hydrogen-bond donors (Lipinski definition) is 1. The first-order valence-corrected chi connectivity index (χ1v) is 6.42. The molecule has 15 heavy (non-hydrogen) atoms. The van der Waals surface area contributed by atoms with Gasteiger partial charge in [0.05, 0.1) is 5.69 Å². The van der Waals surface area contributed by atoms with Crippen molar-refractivity contribution in [3.63, 3.8) is 0 Å². The lowest BCUT2D eigenvalue weighted by atomic mass is 10.4. The maximum Gasteiger partial charge on any atom is 0.122 e. The highest BCUT2D eigenvalue weighted by atomic mass is 32.1. The Labute approximate surface area is 95.9 Å². The Morgan fingerprint density at radius 3 is 3.00 bits per heavy atom. The molecule has 1 unspecified atom stereocenters. The molecule has 3 nitrogen and oxygen atoms in total. The van der Waals surface area contributed by atoms with Gasteiger partial charge in [-0.25, -0.2) is 4.98 Å². The first kappa shape index (κ1) is 12.6. The van der Waals surface area contributed by atoms with Crippen LogP contribution in [0.5, 0.6) is 0 Å². The number of nitrogens with one attached hydrogen (secondary N) is 1. The van der Waals surface area contributed by atoms with Crippen LogP contribution >= 0.6 is 11.3 Å². The summed E-state index contributed by atoms with van der Waals surface area (Å²) in [7, 11) is 0. The SMILES string of the molecule is CCCNCc1csc(C(C)OCC)n1. The van der Waals surface area contributed by atoms with Crippen LogP contribution < -0.4 is 5.32 Å². The third kappa shape index (κ3) is 4.28. The van der Waals surface area contributed by atoms with Crippen LogP contribution in [0, 0.1) is 0 Å². The summed E-state index contributed by atoms with van der Waals surface area (Å²) >= 11 is 1.68. The predicted octanol–water partition coefficient (Wildman–Crippen LogP) is 2.74. The van der Waals surface area contributed by atoms with E-state index in [1.165, 1.54) is 0 Å². The van der Waals surface area contributed by atoms with Crippen LogP contribution in [0.4, 0.5) is 0 Å². The van der Waals surface area contributed by atoms with Crippen molar-refractivity contribution >= 4 is 11.3 Å². The number of nitrogens with zero attached hydrogens (tertiary/aromatic N) is 1. The van der Waals surface area contributed by atoms with E-state index in [1.54, 1.807) is 11.3 Å². The average Bonchev–Trinajstić information content (AvgIpc) is 2.67. The first-order valence-electron chi connectivity index (χ1n) is 5.54. The fraction of sp³-hybridized carbons (Fsp3) is 0.727. The second-order valence-electron chi connectivity index (χ2n) is 3.45. The van der Waals surface area contributed by atoms with E-state index in [0.717, 1.165) is 36.8 Å². The van der Waals surface area contributed by atoms with Gasteiger partial charge in [-0.2, -0.15) is 0 Å². The topological polar surface area (TPSA) is 34.1 Å². The molecule has 0 aliphatic rings. The zero-order valence-corrected chi connectivity index (χ0v) is 10.6. The Kier molecular flexibility index (Phi) is 5.83. The molecule has 0 fully saturated rings. The minimum Gasteiger partial charge on any atom is -0.372 e. The largest absolute Gasteiger partial charge is 0.372 e. The van der Waals surface area contributed by atoms with Gasteiger partial charge in [0.25, 0.3) is 0 Å². The summed E-state index contributed by atoms with van der Waals surface area (Å²) in [5, 5.41) is 6.52. The first-order chi connectivity index (χ1) is 7.27. The second kappa shape index (κ2) is 6.93. The van der Waals surface area contributed by atoms with Crippen LogP contribution in [0.2, 0.25) is 0 Å². The molecule has 86 valence electrons. The van der Waals surface area contributed by atoms with Crippen molar-refractivity contribution < 1.29 is 4.74 Å². The smallest absolute Gasteiger partial charge is 0.122 e. The van der Waals surface area contributed by atoms with Gasteiger partial charge < -0.3 is 10.1 Å². The van der Waals surface area contributed by atoms with E-state index in [4.69, 9.17) is 4.74 Å². The summed E-state index contributed by atoms with van der Waals surface area (Å²) in [4.78, 5) is 4.53. The molecular weight excluding hydrogens is 208 g/mol. The van der Waals surface area contributed by atoms with Gasteiger partial charge in [0.1, 0.15) is 11.1 Å². The monoisotopic (exact) mass is 228 g/mol. The summed E-state index contributed by atoms with van der Waals surface area (Å²) in [5.41, 5.74) is 1.12. The molecular formula is C11H20N2OS. The molecule has 0 amide bonds. The van der Waals surface area contributed by atoms with Crippen molar-refractivity contribution in [2.75, 3.05) is 13.2 Å². The fourth-order valence-corrected chi connectivity index (χ4v) is 2.13. The molecule has 0 spiro atoms. The van der Waals surface area contributed by atoms with Crippen molar-refractivity contribution in [1.82, 2.24) is 10.3 Å². The molecule has 0 saturated carbocycles. The van der Waals surface area contributed by atoms with Crippen LogP contribution in [0.25, 0.3) is 0 Å². The van der Waals surface area contributed by atoms with E-state index >= 15 is 0 Å². The van der Waals surface area contributed by atoms with E-state index in [-0.39, 0.29) is 6.10 Å². The van der Waals surface area contributed by atoms with Gasteiger partial charge in [-0.15, -0.1) is 11.3 Å². The van der Waals surface area contributed by atoms with Crippen molar-refractivity contribution in [1.29, 1.82) is 0 Å². The number of aromatic nitrogens is 1. The predicted molar refractivity (Wildman–Crippen MR) is 64.2 cm³/mol. The van der Waals surface area contributed by atoms with Gasteiger partial charge in [-0.1, -0.05) is 6.92 Å². The van der Waals surface area contributed by atoms with Crippen LogP contribution in [-0.2, 0) is 11.3 Å². The molecule has 0 aliphatic carbocycles.